The normalized spacial score (nSPS) is 11.3. The number of carbonyl (C=O) groups is 1. The summed E-state index contributed by atoms with van der Waals surface area (Å²) in [6, 6.07) is 15.2. The number of rotatable bonds is 5. The molecule has 2 aromatic heterocycles. The van der Waals surface area contributed by atoms with Crippen LogP contribution in [0.15, 0.2) is 59.3 Å². The number of hydrogen-bond acceptors (Lipinski definition) is 4. The van der Waals surface area contributed by atoms with E-state index in [2.05, 4.69) is 46.1 Å². The van der Waals surface area contributed by atoms with Gasteiger partial charge in [-0.2, -0.15) is 4.98 Å². The predicted octanol–water partition coefficient (Wildman–Crippen LogP) is 4.91. The van der Waals surface area contributed by atoms with E-state index in [0.29, 0.717) is 23.2 Å². The topological polar surface area (TPSA) is 73.0 Å². The van der Waals surface area contributed by atoms with Crippen LogP contribution in [0.1, 0.15) is 30.0 Å². The lowest BCUT2D eigenvalue weighted by Crippen LogP contribution is -2.11. The predicted molar refractivity (Wildman–Crippen MR) is 109 cm³/mol. The maximum Gasteiger partial charge on any atom is 0.257 e. The Balaban J connectivity index is 1.50. The Bertz CT molecular complexity index is 1120. The smallest absolute Gasteiger partial charge is 0.257 e. The highest BCUT2D eigenvalue weighted by atomic mass is 16.5. The minimum atomic E-state index is -0.158. The van der Waals surface area contributed by atoms with E-state index in [1.54, 1.807) is 31.2 Å². The number of nitrogens with zero attached hydrogens (tertiary/aromatic N) is 3. The molecule has 6 heteroatoms. The molecule has 0 saturated heterocycles. The van der Waals surface area contributed by atoms with E-state index in [9.17, 15) is 4.79 Å². The maximum atomic E-state index is 12.6. The molecule has 0 aliphatic heterocycles. The fourth-order valence-corrected chi connectivity index (χ4v) is 3.21. The zero-order valence-electron chi connectivity index (χ0n) is 16.1. The van der Waals surface area contributed by atoms with Gasteiger partial charge in [-0.3, -0.25) is 4.79 Å². The summed E-state index contributed by atoms with van der Waals surface area (Å²) in [6.07, 6.45) is 2.09. The highest BCUT2D eigenvalue weighted by Gasteiger charge is 2.11. The lowest BCUT2D eigenvalue weighted by atomic mass is 10.1. The molecule has 1 N–H and O–H groups in total. The van der Waals surface area contributed by atoms with Gasteiger partial charge in [-0.1, -0.05) is 19.0 Å². The van der Waals surface area contributed by atoms with Crippen LogP contribution in [-0.2, 0) is 6.54 Å². The Labute approximate surface area is 163 Å². The van der Waals surface area contributed by atoms with Crippen molar-refractivity contribution < 1.29 is 9.32 Å². The first kappa shape index (κ1) is 18.0. The molecule has 4 aromatic rings. The van der Waals surface area contributed by atoms with Crippen molar-refractivity contribution in [1.82, 2.24) is 14.7 Å². The third-order valence-corrected chi connectivity index (χ3v) is 4.51. The number of amides is 1. The largest absolute Gasteiger partial charge is 0.347 e. The number of aromatic nitrogens is 3. The molecule has 0 unspecified atom stereocenters. The second kappa shape index (κ2) is 7.31. The van der Waals surface area contributed by atoms with Crippen LogP contribution in [0.4, 0.5) is 5.69 Å². The summed E-state index contributed by atoms with van der Waals surface area (Å²) in [6.45, 7) is 7.14. The monoisotopic (exact) mass is 374 g/mol. The van der Waals surface area contributed by atoms with Gasteiger partial charge in [0, 0.05) is 40.5 Å². The van der Waals surface area contributed by atoms with E-state index in [0.717, 1.165) is 23.2 Å². The van der Waals surface area contributed by atoms with Crippen LogP contribution in [0.25, 0.3) is 22.4 Å². The molecule has 0 atom stereocenters. The lowest BCUT2D eigenvalue weighted by molar-refractivity contribution is 0.102. The molecule has 0 bridgehead atoms. The molecule has 0 saturated carbocycles. The SMILES string of the molecule is Cc1noc(-c2ccc(C(=O)Nc3ccc4c(ccn4CC(C)C)c3)cc2)n1. The van der Waals surface area contributed by atoms with Gasteiger partial charge in [-0.15, -0.1) is 0 Å². The van der Waals surface area contributed by atoms with Crippen LogP contribution < -0.4 is 5.32 Å². The van der Waals surface area contributed by atoms with Crippen molar-refractivity contribution >= 4 is 22.5 Å². The van der Waals surface area contributed by atoms with Crippen molar-refractivity contribution in [2.75, 3.05) is 5.32 Å². The van der Waals surface area contributed by atoms with Crippen molar-refractivity contribution in [3.8, 4) is 11.5 Å². The summed E-state index contributed by atoms with van der Waals surface area (Å²) in [5.41, 5.74) is 3.30. The van der Waals surface area contributed by atoms with Gasteiger partial charge in [-0.05, 0) is 61.4 Å². The summed E-state index contributed by atoms with van der Waals surface area (Å²) < 4.78 is 7.39. The molecule has 0 aliphatic rings. The number of aryl methyl sites for hydroxylation is 1. The van der Waals surface area contributed by atoms with E-state index < -0.39 is 0 Å². The van der Waals surface area contributed by atoms with E-state index in [4.69, 9.17) is 4.52 Å². The van der Waals surface area contributed by atoms with Gasteiger partial charge in [0.2, 0.25) is 0 Å². The number of hydrogen-bond donors (Lipinski definition) is 1. The molecular weight excluding hydrogens is 352 g/mol. The van der Waals surface area contributed by atoms with Crippen LogP contribution in [0.3, 0.4) is 0 Å². The van der Waals surface area contributed by atoms with Crippen molar-refractivity contribution in [2.45, 2.75) is 27.3 Å². The Morgan fingerprint density at radius 2 is 1.93 bits per heavy atom. The van der Waals surface area contributed by atoms with Crippen LogP contribution in [-0.4, -0.2) is 20.6 Å². The number of carbonyl (C=O) groups excluding carboxylic acids is 1. The molecule has 0 spiro atoms. The maximum absolute atomic E-state index is 12.6. The average Bonchev–Trinajstić information content (AvgIpc) is 3.28. The van der Waals surface area contributed by atoms with Gasteiger partial charge in [-0.25, -0.2) is 0 Å². The summed E-state index contributed by atoms with van der Waals surface area (Å²) in [5, 5.41) is 7.86. The first-order valence-electron chi connectivity index (χ1n) is 9.30. The van der Waals surface area contributed by atoms with Crippen molar-refractivity contribution in [3.05, 3.63) is 66.1 Å². The fraction of sp³-hybridized carbons (Fsp3) is 0.227. The number of fused-ring (bicyclic) bond motifs is 1. The highest BCUT2D eigenvalue weighted by Crippen LogP contribution is 2.23. The van der Waals surface area contributed by atoms with E-state index >= 15 is 0 Å². The minimum Gasteiger partial charge on any atom is -0.347 e. The van der Waals surface area contributed by atoms with E-state index in [1.807, 2.05) is 18.2 Å². The first-order valence-corrected chi connectivity index (χ1v) is 9.30. The van der Waals surface area contributed by atoms with Crippen LogP contribution in [0.5, 0.6) is 0 Å². The van der Waals surface area contributed by atoms with Crippen LogP contribution in [0, 0.1) is 12.8 Å². The third kappa shape index (κ3) is 3.67. The molecule has 2 heterocycles. The van der Waals surface area contributed by atoms with E-state index in [-0.39, 0.29) is 5.91 Å². The van der Waals surface area contributed by atoms with Gasteiger partial charge < -0.3 is 14.4 Å². The second-order valence-corrected chi connectivity index (χ2v) is 7.31. The molecule has 0 aliphatic carbocycles. The molecule has 142 valence electrons. The molecule has 2 aromatic carbocycles. The van der Waals surface area contributed by atoms with E-state index in [1.165, 1.54) is 5.52 Å². The zero-order chi connectivity index (χ0) is 19.7. The second-order valence-electron chi connectivity index (χ2n) is 7.31. The highest BCUT2D eigenvalue weighted by molar-refractivity contribution is 6.05. The molecule has 0 fully saturated rings. The molecule has 1 amide bonds. The Hall–Kier alpha value is -3.41. The molecule has 6 nitrogen and oxygen atoms in total. The van der Waals surface area contributed by atoms with Gasteiger partial charge in [0.25, 0.3) is 11.8 Å². The number of benzene rings is 2. The summed E-state index contributed by atoms with van der Waals surface area (Å²) in [7, 11) is 0. The van der Waals surface area contributed by atoms with Gasteiger partial charge in [0.15, 0.2) is 5.82 Å². The summed E-state index contributed by atoms with van der Waals surface area (Å²) >= 11 is 0. The van der Waals surface area contributed by atoms with Crippen LogP contribution >= 0.6 is 0 Å². The number of anilines is 1. The summed E-state index contributed by atoms with van der Waals surface area (Å²) in [5.74, 6) is 1.44. The fourth-order valence-electron chi connectivity index (χ4n) is 3.21. The van der Waals surface area contributed by atoms with Crippen molar-refractivity contribution in [1.29, 1.82) is 0 Å². The van der Waals surface area contributed by atoms with Crippen molar-refractivity contribution in [3.63, 3.8) is 0 Å². The molecule has 0 radical (unpaired) electrons. The summed E-state index contributed by atoms with van der Waals surface area (Å²) in [4.78, 5) is 16.8. The Kier molecular flexibility index (Phi) is 4.69. The molecule has 28 heavy (non-hydrogen) atoms. The number of nitrogens with one attached hydrogen (secondary N) is 1. The Morgan fingerprint density at radius 3 is 2.61 bits per heavy atom. The third-order valence-electron chi connectivity index (χ3n) is 4.51. The first-order chi connectivity index (χ1) is 13.5. The van der Waals surface area contributed by atoms with Gasteiger partial charge >= 0.3 is 0 Å². The zero-order valence-corrected chi connectivity index (χ0v) is 16.1. The average molecular weight is 374 g/mol. The van der Waals surface area contributed by atoms with Crippen molar-refractivity contribution in [2.24, 2.45) is 5.92 Å². The minimum absolute atomic E-state index is 0.158. The standard InChI is InChI=1S/C22H22N4O2/c1-14(2)13-26-11-10-18-12-19(8-9-20(18)26)24-21(27)16-4-6-17(7-5-16)22-23-15(3)25-28-22/h4-12,14H,13H2,1-3H3,(H,24,27). The molecular formula is C22H22N4O2. The van der Waals surface area contributed by atoms with Gasteiger partial charge in [0.1, 0.15) is 0 Å². The van der Waals surface area contributed by atoms with Crippen LogP contribution in [0.2, 0.25) is 0 Å². The van der Waals surface area contributed by atoms with Gasteiger partial charge in [0.05, 0.1) is 0 Å². The molecule has 4 rings (SSSR count). The quantitative estimate of drug-likeness (QED) is 0.539. The lowest BCUT2D eigenvalue weighted by Gasteiger charge is -2.09. The Morgan fingerprint density at radius 1 is 1.14 bits per heavy atom.